The summed E-state index contributed by atoms with van der Waals surface area (Å²) in [5, 5.41) is 9.22. The van der Waals surface area contributed by atoms with Crippen LogP contribution in [0.5, 0.6) is 0 Å². The van der Waals surface area contributed by atoms with E-state index < -0.39 is 27.9 Å². The van der Waals surface area contributed by atoms with E-state index in [-0.39, 0.29) is 4.90 Å². The summed E-state index contributed by atoms with van der Waals surface area (Å²) in [5.74, 6) is -0.590. The van der Waals surface area contributed by atoms with Crippen LogP contribution in [0, 0.1) is 6.92 Å². The molecule has 5 heteroatoms. The number of halogens is 1. The van der Waals surface area contributed by atoms with Gasteiger partial charge in [0.05, 0.1) is 16.8 Å². The third kappa shape index (κ3) is 3.28. The highest BCUT2D eigenvalue weighted by Crippen LogP contribution is 2.14. The van der Waals surface area contributed by atoms with Crippen LogP contribution in [-0.2, 0) is 9.84 Å². The van der Waals surface area contributed by atoms with Crippen LogP contribution < -0.4 is 0 Å². The predicted octanol–water partition coefficient (Wildman–Crippen LogP) is 1.49. The third-order valence-electron chi connectivity index (χ3n) is 2.30. The van der Waals surface area contributed by atoms with Gasteiger partial charge in [0, 0.05) is 0 Å². The molecule has 0 saturated heterocycles. The number of sulfone groups is 1. The van der Waals surface area contributed by atoms with Crippen molar-refractivity contribution in [2.45, 2.75) is 31.0 Å². The largest absolute Gasteiger partial charge is 0.389 e. The first-order valence-electron chi connectivity index (χ1n) is 4.94. The van der Waals surface area contributed by atoms with E-state index in [0.717, 1.165) is 12.5 Å². The Morgan fingerprint density at radius 2 is 1.81 bits per heavy atom. The van der Waals surface area contributed by atoms with Gasteiger partial charge in [-0.05, 0) is 26.0 Å². The van der Waals surface area contributed by atoms with Gasteiger partial charge in [0.1, 0.15) is 6.17 Å². The number of hydrogen-bond acceptors (Lipinski definition) is 3. The molecule has 0 aliphatic rings. The topological polar surface area (TPSA) is 54.4 Å². The zero-order chi connectivity index (χ0) is 12.3. The van der Waals surface area contributed by atoms with Gasteiger partial charge in [-0.2, -0.15) is 0 Å². The summed E-state index contributed by atoms with van der Waals surface area (Å²) in [6.45, 7) is 2.98. The van der Waals surface area contributed by atoms with E-state index in [0.29, 0.717) is 0 Å². The monoisotopic (exact) mass is 246 g/mol. The van der Waals surface area contributed by atoms with Crippen LogP contribution >= 0.6 is 0 Å². The van der Waals surface area contributed by atoms with Crippen molar-refractivity contribution in [2.75, 3.05) is 5.75 Å². The van der Waals surface area contributed by atoms with Crippen molar-refractivity contribution in [2.24, 2.45) is 0 Å². The lowest BCUT2D eigenvalue weighted by Gasteiger charge is -2.12. The number of aliphatic hydroxyl groups is 1. The van der Waals surface area contributed by atoms with Crippen molar-refractivity contribution in [1.82, 2.24) is 0 Å². The van der Waals surface area contributed by atoms with Crippen LogP contribution in [0.2, 0.25) is 0 Å². The Morgan fingerprint density at radius 3 is 2.25 bits per heavy atom. The Morgan fingerprint density at radius 1 is 1.31 bits per heavy atom. The number of alkyl halides is 1. The van der Waals surface area contributed by atoms with Crippen LogP contribution in [-0.4, -0.2) is 31.6 Å². The fraction of sp³-hybridized carbons (Fsp3) is 0.455. The molecule has 1 aromatic rings. The van der Waals surface area contributed by atoms with Gasteiger partial charge >= 0.3 is 0 Å². The van der Waals surface area contributed by atoms with E-state index in [9.17, 15) is 17.9 Å². The minimum absolute atomic E-state index is 0.109. The van der Waals surface area contributed by atoms with Gasteiger partial charge in [-0.25, -0.2) is 12.8 Å². The number of hydrogen-bond donors (Lipinski definition) is 1. The summed E-state index contributed by atoms with van der Waals surface area (Å²) >= 11 is 0. The SMILES string of the molecule is Cc1ccc(S(=O)(=O)C[C@@H](O)[C@@H](C)F)cc1. The maximum absolute atomic E-state index is 12.7. The molecule has 0 aromatic heterocycles. The minimum Gasteiger partial charge on any atom is -0.389 e. The van der Waals surface area contributed by atoms with Gasteiger partial charge in [0.25, 0.3) is 0 Å². The fourth-order valence-electron chi connectivity index (χ4n) is 1.20. The van der Waals surface area contributed by atoms with Gasteiger partial charge in [-0.15, -0.1) is 0 Å². The van der Waals surface area contributed by atoms with Crippen molar-refractivity contribution in [1.29, 1.82) is 0 Å². The van der Waals surface area contributed by atoms with E-state index in [1.54, 1.807) is 12.1 Å². The molecule has 3 nitrogen and oxygen atoms in total. The summed E-state index contributed by atoms with van der Waals surface area (Å²) in [6, 6.07) is 6.25. The first kappa shape index (κ1) is 13.1. The van der Waals surface area contributed by atoms with E-state index in [1.807, 2.05) is 6.92 Å². The Balaban J connectivity index is 2.90. The second kappa shape index (κ2) is 4.93. The number of aryl methyl sites for hydroxylation is 1. The Bertz CT molecular complexity index is 437. The van der Waals surface area contributed by atoms with E-state index in [2.05, 4.69) is 0 Å². The molecule has 0 bridgehead atoms. The maximum Gasteiger partial charge on any atom is 0.181 e. The van der Waals surface area contributed by atoms with Crippen LogP contribution in [0.3, 0.4) is 0 Å². The first-order valence-corrected chi connectivity index (χ1v) is 6.60. The molecule has 1 aromatic carbocycles. The van der Waals surface area contributed by atoms with E-state index >= 15 is 0 Å². The Hall–Kier alpha value is -0.940. The lowest BCUT2D eigenvalue weighted by molar-refractivity contribution is 0.106. The molecule has 0 aliphatic heterocycles. The standard InChI is InChI=1S/C11H15FO3S/c1-8-3-5-10(6-4-8)16(14,15)7-11(13)9(2)12/h3-6,9,11,13H,7H2,1-2H3/t9-,11-/m1/s1. The van der Waals surface area contributed by atoms with Gasteiger partial charge < -0.3 is 5.11 Å². The average molecular weight is 246 g/mol. The Labute approximate surface area is 94.8 Å². The zero-order valence-electron chi connectivity index (χ0n) is 9.22. The maximum atomic E-state index is 12.7. The lowest BCUT2D eigenvalue weighted by atomic mass is 10.2. The molecule has 0 amide bonds. The van der Waals surface area contributed by atoms with Gasteiger partial charge in [0.2, 0.25) is 0 Å². The molecular formula is C11H15FO3S. The highest BCUT2D eigenvalue weighted by Gasteiger charge is 2.23. The van der Waals surface area contributed by atoms with Crippen molar-refractivity contribution in [3.63, 3.8) is 0 Å². The molecule has 0 heterocycles. The average Bonchev–Trinajstić information content (AvgIpc) is 2.17. The molecule has 0 saturated carbocycles. The summed E-state index contributed by atoms with van der Waals surface area (Å²) in [5.41, 5.74) is 0.943. The number of rotatable bonds is 4. The number of aliphatic hydroxyl groups excluding tert-OH is 1. The smallest absolute Gasteiger partial charge is 0.181 e. The van der Waals surface area contributed by atoms with Crippen molar-refractivity contribution in [3.05, 3.63) is 29.8 Å². The third-order valence-corrected chi connectivity index (χ3v) is 4.07. The highest BCUT2D eigenvalue weighted by molar-refractivity contribution is 7.91. The van der Waals surface area contributed by atoms with E-state index in [4.69, 9.17) is 0 Å². The first-order chi connectivity index (χ1) is 7.33. The van der Waals surface area contributed by atoms with Crippen molar-refractivity contribution < 1.29 is 17.9 Å². The van der Waals surface area contributed by atoms with Crippen LogP contribution in [0.25, 0.3) is 0 Å². The molecule has 2 atom stereocenters. The second-order valence-electron chi connectivity index (χ2n) is 3.84. The highest BCUT2D eigenvalue weighted by atomic mass is 32.2. The molecule has 0 unspecified atom stereocenters. The second-order valence-corrected chi connectivity index (χ2v) is 5.87. The van der Waals surface area contributed by atoms with Crippen LogP contribution in [0.4, 0.5) is 4.39 Å². The van der Waals surface area contributed by atoms with Crippen molar-refractivity contribution >= 4 is 9.84 Å². The van der Waals surface area contributed by atoms with Crippen LogP contribution in [0.15, 0.2) is 29.2 Å². The molecule has 90 valence electrons. The summed E-state index contributed by atoms with van der Waals surface area (Å²) < 4.78 is 36.2. The molecular weight excluding hydrogens is 231 g/mol. The zero-order valence-corrected chi connectivity index (χ0v) is 10.0. The molecule has 0 radical (unpaired) electrons. The molecule has 0 spiro atoms. The Kier molecular flexibility index (Phi) is 4.04. The normalized spacial score (nSPS) is 15.8. The molecule has 1 rings (SSSR count). The van der Waals surface area contributed by atoms with Gasteiger partial charge in [0.15, 0.2) is 9.84 Å². The fourth-order valence-corrected chi connectivity index (χ4v) is 2.66. The molecule has 0 fully saturated rings. The van der Waals surface area contributed by atoms with Gasteiger partial charge in [-0.1, -0.05) is 17.7 Å². The van der Waals surface area contributed by atoms with Gasteiger partial charge in [-0.3, -0.25) is 0 Å². The summed E-state index contributed by atoms with van der Waals surface area (Å²) in [7, 11) is -3.61. The van der Waals surface area contributed by atoms with Crippen molar-refractivity contribution in [3.8, 4) is 0 Å². The summed E-state index contributed by atoms with van der Waals surface area (Å²) in [6.07, 6.45) is -3.04. The molecule has 16 heavy (non-hydrogen) atoms. The molecule has 1 N–H and O–H groups in total. The quantitative estimate of drug-likeness (QED) is 0.875. The lowest BCUT2D eigenvalue weighted by Crippen LogP contribution is -2.28. The number of benzene rings is 1. The molecule has 0 aliphatic carbocycles. The minimum atomic E-state index is -3.61. The van der Waals surface area contributed by atoms with Crippen LogP contribution in [0.1, 0.15) is 12.5 Å². The summed E-state index contributed by atoms with van der Waals surface area (Å²) in [4.78, 5) is 0.109. The predicted molar refractivity (Wildman–Crippen MR) is 59.8 cm³/mol. The van der Waals surface area contributed by atoms with E-state index in [1.165, 1.54) is 12.1 Å².